The van der Waals surface area contributed by atoms with Crippen molar-refractivity contribution in [3.63, 3.8) is 0 Å². The third-order valence-electron chi connectivity index (χ3n) is 2.20. The van der Waals surface area contributed by atoms with Gasteiger partial charge in [-0.05, 0) is 6.92 Å². The molecule has 0 saturated carbocycles. The molecule has 0 radical (unpaired) electrons. The molecule has 1 aromatic heterocycles. The number of likely N-dealkylation sites (N-methyl/N-ethyl adjacent to an activating group) is 1. The topological polar surface area (TPSA) is 58.5 Å². The highest BCUT2D eigenvalue weighted by Crippen LogP contribution is 2.20. The normalized spacial score (nSPS) is 12.6. The summed E-state index contributed by atoms with van der Waals surface area (Å²) in [6.45, 7) is 2.57. The minimum atomic E-state index is -0.553. The number of aliphatic hydroxyl groups is 1. The van der Waals surface area contributed by atoms with Crippen LogP contribution in [0.2, 0.25) is 5.15 Å². The summed E-state index contributed by atoms with van der Waals surface area (Å²) in [5.41, 5.74) is 0.802. The molecule has 6 heteroatoms. The molecule has 5 nitrogen and oxygen atoms in total. The SMILES string of the molecule is COCC(O)CN(C)c1ncnc(Cl)c1C. The van der Waals surface area contributed by atoms with E-state index in [0.29, 0.717) is 18.3 Å². The van der Waals surface area contributed by atoms with E-state index in [4.69, 9.17) is 16.3 Å². The standard InChI is InChI=1S/C10H16ClN3O2/c1-7-9(11)12-6-13-10(7)14(2)4-8(15)5-16-3/h6,8,15H,4-5H2,1-3H3. The molecule has 0 bridgehead atoms. The van der Waals surface area contributed by atoms with E-state index < -0.39 is 6.10 Å². The molecular formula is C10H16ClN3O2. The third-order valence-corrected chi connectivity index (χ3v) is 2.58. The van der Waals surface area contributed by atoms with E-state index in [9.17, 15) is 5.11 Å². The Bertz CT molecular complexity index is 349. The second-order valence-electron chi connectivity index (χ2n) is 3.60. The Hall–Kier alpha value is -0.910. The molecule has 0 aliphatic heterocycles. The van der Waals surface area contributed by atoms with Gasteiger partial charge in [-0.15, -0.1) is 0 Å². The van der Waals surface area contributed by atoms with Crippen molar-refractivity contribution in [2.45, 2.75) is 13.0 Å². The van der Waals surface area contributed by atoms with Crippen molar-refractivity contribution in [2.24, 2.45) is 0 Å². The first kappa shape index (κ1) is 13.2. The summed E-state index contributed by atoms with van der Waals surface area (Å²) in [5.74, 6) is 0.718. The molecule has 1 atom stereocenters. The fourth-order valence-electron chi connectivity index (χ4n) is 1.45. The molecule has 1 rings (SSSR count). The highest BCUT2D eigenvalue weighted by Gasteiger charge is 2.13. The van der Waals surface area contributed by atoms with Crippen molar-refractivity contribution in [2.75, 3.05) is 32.2 Å². The molecule has 90 valence electrons. The van der Waals surface area contributed by atoms with Crippen molar-refractivity contribution in [3.05, 3.63) is 17.0 Å². The average Bonchev–Trinajstić information content (AvgIpc) is 2.22. The second-order valence-corrected chi connectivity index (χ2v) is 3.96. The molecule has 0 aromatic carbocycles. The zero-order chi connectivity index (χ0) is 12.1. The lowest BCUT2D eigenvalue weighted by Crippen LogP contribution is -2.32. The van der Waals surface area contributed by atoms with Crippen LogP contribution in [0.5, 0.6) is 0 Å². The molecule has 0 fully saturated rings. The van der Waals surface area contributed by atoms with Crippen molar-refractivity contribution >= 4 is 17.4 Å². The largest absolute Gasteiger partial charge is 0.389 e. The van der Waals surface area contributed by atoms with E-state index in [2.05, 4.69) is 9.97 Å². The van der Waals surface area contributed by atoms with Crippen LogP contribution in [0.3, 0.4) is 0 Å². The smallest absolute Gasteiger partial charge is 0.137 e. The third kappa shape index (κ3) is 3.30. The number of rotatable bonds is 5. The molecule has 0 saturated heterocycles. The summed E-state index contributed by atoms with van der Waals surface area (Å²) < 4.78 is 4.86. The first-order chi connectivity index (χ1) is 7.56. The van der Waals surface area contributed by atoms with E-state index in [-0.39, 0.29) is 0 Å². The van der Waals surface area contributed by atoms with Gasteiger partial charge in [0.1, 0.15) is 17.3 Å². The van der Waals surface area contributed by atoms with E-state index in [1.807, 2.05) is 18.9 Å². The van der Waals surface area contributed by atoms with E-state index in [0.717, 1.165) is 11.4 Å². The molecule has 0 aliphatic rings. The first-order valence-corrected chi connectivity index (χ1v) is 5.29. The van der Waals surface area contributed by atoms with Crippen molar-refractivity contribution < 1.29 is 9.84 Å². The Balaban J connectivity index is 2.72. The number of anilines is 1. The lowest BCUT2D eigenvalue weighted by atomic mass is 10.3. The van der Waals surface area contributed by atoms with Gasteiger partial charge in [0.15, 0.2) is 0 Å². The number of aromatic nitrogens is 2. The monoisotopic (exact) mass is 245 g/mol. The second kappa shape index (κ2) is 5.98. The Morgan fingerprint density at radius 3 is 2.88 bits per heavy atom. The predicted octanol–water partition coefficient (Wildman–Crippen LogP) is 0.882. The fraction of sp³-hybridized carbons (Fsp3) is 0.600. The van der Waals surface area contributed by atoms with Crippen molar-refractivity contribution in [1.82, 2.24) is 9.97 Å². The summed E-state index contributed by atoms with van der Waals surface area (Å²) in [6, 6.07) is 0. The van der Waals surface area contributed by atoms with Gasteiger partial charge in [-0.1, -0.05) is 11.6 Å². The average molecular weight is 246 g/mol. The van der Waals surface area contributed by atoms with Crippen LogP contribution in [0, 0.1) is 6.92 Å². The van der Waals surface area contributed by atoms with Crippen molar-refractivity contribution in [1.29, 1.82) is 0 Å². The lowest BCUT2D eigenvalue weighted by molar-refractivity contribution is 0.0694. The number of ether oxygens (including phenoxy) is 1. The fourth-order valence-corrected chi connectivity index (χ4v) is 1.58. The molecule has 16 heavy (non-hydrogen) atoms. The van der Waals surface area contributed by atoms with Crippen LogP contribution in [0.1, 0.15) is 5.56 Å². The summed E-state index contributed by atoms with van der Waals surface area (Å²) in [6.07, 6.45) is 0.854. The van der Waals surface area contributed by atoms with Crippen molar-refractivity contribution in [3.8, 4) is 0 Å². The highest BCUT2D eigenvalue weighted by molar-refractivity contribution is 6.30. The zero-order valence-electron chi connectivity index (χ0n) is 9.64. The maximum Gasteiger partial charge on any atom is 0.137 e. The van der Waals surface area contributed by atoms with Crippen LogP contribution in [0.4, 0.5) is 5.82 Å². The zero-order valence-corrected chi connectivity index (χ0v) is 10.4. The summed E-state index contributed by atoms with van der Waals surface area (Å²) in [7, 11) is 3.39. The molecule has 1 heterocycles. The van der Waals surface area contributed by atoms with Gasteiger partial charge in [0.25, 0.3) is 0 Å². The van der Waals surface area contributed by atoms with E-state index >= 15 is 0 Å². The molecule has 0 aliphatic carbocycles. The first-order valence-electron chi connectivity index (χ1n) is 4.91. The Kier molecular flexibility index (Phi) is 4.92. The van der Waals surface area contributed by atoms with Gasteiger partial charge in [-0.3, -0.25) is 0 Å². The van der Waals surface area contributed by atoms with Gasteiger partial charge in [-0.2, -0.15) is 0 Å². The molecule has 0 amide bonds. The van der Waals surface area contributed by atoms with Crippen LogP contribution < -0.4 is 4.90 Å². The van der Waals surface area contributed by atoms with Crippen LogP contribution >= 0.6 is 11.6 Å². The molecule has 1 aromatic rings. The maximum absolute atomic E-state index is 9.60. The van der Waals surface area contributed by atoms with Gasteiger partial charge < -0.3 is 14.7 Å². The quantitative estimate of drug-likeness (QED) is 0.781. The van der Waals surface area contributed by atoms with Gasteiger partial charge in [-0.25, -0.2) is 9.97 Å². The van der Waals surface area contributed by atoms with Crippen LogP contribution in [0.25, 0.3) is 0 Å². The van der Waals surface area contributed by atoms with Gasteiger partial charge >= 0.3 is 0 Å². The number of halogens is 1. The number of nitrogens with zero attached hydrogens (tertiary/aromatic N) is 3. The summed E-state index contributed by atoms with van der Waals surface area (Å²) >= 11 is 5.89. The predicted molar refractivity (Wildman–Crippen MR) is 62.9 cm³/mol. The number of methoxy groups -OCH3 is 1. The van der Waals surface area contributed by atoms with E-state index in [1.54, 1.807) is 7.11 Å². The molecule has 0 spiro atoms. The minimum absolute atomic E-state index is 0.294. The van der Waals surface area contributed by atoms with Gasteiger partial charge in [0.2, 0.25) is 0 Å². The number of aliphatic hydroxyl groups excluding tert-OH is 1. The van der Waals surface area contributed by atoms with E-state index in [1.165, 1.54) is 6.33 Å². The molecule has 1 N–H and O–H groups in total. The van der Waals surface area contributed by atoms with Gasteiger partial charge in [0.05, 0.1) is 12.7 Å². The Labute approximate surface area is 100 Å². The maximum atomic E-state index is 9.60. The Morgan fingerprint density at radius 2 is 2.25 bits per heavy atom. The van der Waals surface area contributed by atoms with Crippen LogP contribution in [0.15, 0.2) is 6.33 Å². The Morgan fingerprint density at radius 1 is 1.56 bits per heavy atom. The van der Waals surface area contributed by atoms with Gasteiger partial charge in [0, 0.05) is 26.3 Å². The van der Waals surface area contributed by atoms with Crippen LogP contribution in [-0.4, -0.2) is 48.5 Å². The number of hydrogen-bond acceptors (Lipinski definition) is 5. The highest BCUT2D eigenvalue weighted by atomic mass is 35.5. The van der Waals surface area contributed by atoms with Crippen LogP contribution in [-0.2, 0) is 4.74 Å². The summed E-state index contributed by atoms with van der Waals surface area (Å²) in [5, 5.41) is 10.0. The number of hydrogen-bond donors (Lipinski definition) is 1. The molecular weight excluding hydrogens is 230 g/mol. The summed E-state index contributed by atoms with van der Waals surface area (Å²) in [4.78, 5) is 9.83. The minimum Gasteiger partial charge on any atom is -0.389 e. The lowest BCUT2D eigenvalue weighted by Gasteiger charge is -2.22. The molecule has 1 unspecified atom stereocenters.